The topological polar surface area (TPSA) is 79.6 Å². The van der Waals surface area contributed by atoms with Crippen LogP contribution in [-0.4, -0.2) is 25.7 Å². The Kier molecular flexibility index (Phi) is 6.20. The molecule has 152 valence electrons. The quantitative estimate of drug-likeness (QED) is 0.642. The fraction of sp³-hybridized carbons (Fsp3) is 0.227. The Morgan fingerprint density at radius 1 is 1.00 bits per heavy atom. The molecule has 0 fully saturated rings. The lowest BCUT2D eigenvalue weighted by Crippen LogP contribution is -2.30. The van der Waals surface area contributed by atoms with Crippen LogP contribution in [0.4, 0.5) is 0 Å². The van der Waals surface area contributed by atoms with Crippen LogP contribution in [0.15, 0.2) is 70.2 Å². The number of sulfonamides is 1. The Balaban J connectivity index is 1.93. The Labute approximate surface area is 171 Å². The summed E-state index contributed by atoms with van der Waals surface area (Å²) in [6.45, 7) is 4.10. The third kappa shape index (κ3) is 4.75. The summed E-state index contributed by atoms with van der Waals surface area (Å²) >= 11 is 0. The first kappa shape index (κ1) is 20.8. The van der Waals surface area contributed by atoms with Crippen LogP contribution in [0.2, 0.25) is 0 Å². The molecule has 0 aliphatic rings. The Bertz CT molecular complexity index is 1090. The highest BCUT2D eigenvalue weighted by atomic mass is 32.2. The minimum Gasteiger partial charge on any atom is -0.468 e. The predicted molar refractivity (Wildman–Crippen MR) is 111 cm³/mol. The third-order valence-corrected chi connectivity index (χ3v) is 6.62. The van der Waals surface area contributed by atoms with Crippen LogP contribution in [0.1, 0.15) is 32.8 Å². The number of hydrogen-bond donors (Lipinski definition) is 1. The van der Waals surface area contributed by atoms with Gasteiger partial charge in [0.2, 0.25) is 10.0 Å². The van der Waals surface area contributed by atoms with Crippen molar-refractivity contribution >= 4 is 15.9 Å². The molecule has 1 aromatic heterocycles. The number of carbonyl (C=O) groups is 1. The van der Waals surface area contributed by atoms with Crippen LogP contribution in [-0.2, 0) is 23.1 Å². The van der Waals surface area contributed by atoms with Crippen LogP contribution in [0, 0.1) is 13.8 Å². The van der Waals surface area contributed by atoms with E-state index in [1.165, 1.54) is 10.6 Å². The van der Waals surface area contributed by atoms with E-state index in [9.17, 15) is 13.2 Å². The molecule has 0 saturated heterocycles. The summed E-state index contributed by atoms with van der Waals surface area (Å²) in [4.78, 5) is 12.0. The number of carbonyl (C=O) groups excluding carboxylic acids is 1. The molecule has 6 nitrogen and oxygen atoms in total. The van der Waals surface area contributed by atoms with Gasteiger partial charge in [-0.25, -0.2) is 8.42 Å². The summed E-state index contributed by atoms with van der Waals surface area (Å²) in [6.07, 6.45) is 1.52. The third-order valence-electron chi connectivity index (χ3n) is 4.83. The number of aryl methyl sites for hydroxylation is 2. The molecule has 2 aromatic carbocycles. The van der Waals surface area contributed by atoms with Crippen LogP contribution in [0.5, 0.6) is 0 Å². The number of hydrogen-bond acceptors (Lipinski definition) is 4. The lowest BCUT2D eigenvalue weighted by atomic mass is 10.1. The van der Waals surface area contributed by atoms with Crippen molar-refractivity contribution in [3.05, 3.63) is 88.9 Å². The fourth-order valence-corrected chi connectivity index (χ4v) is 4.42. The van der Waals surface area contributed by atoms with Gasteiger partial charge in [-0.2, -0.15) is 4.31 Å². The SMILES string of the molecule is CNC(=O)c1ccc(CN(Cc2ccco2)S(=O)(=O)c2ccc(C)c(C)c2)cc1. The minimum atomic E-state index is -3.75. The van der Waals surface area contributed by atoms with Gasteiger partial charge in [0, 0.05) is 19.2 Å². The number of rotatable bonds is 7. The molecule has 0 aliphatic carbocycles. The van der Waals surface area contributed by atoms with Crippen molar-refractivity contribution in [1.29, 1.82) is 0 Å². The summed E-state index contributed by atoms with van der Waals surface area (Å²) < 4.78 is 33.5. The molecule has 0 spiro atoms. The van der Waals surface area contributed by atoms with Crippen molar-refractivity contribution < 1.29 is 17.6 Å². The largest absolute Gasteiger partial charge is 0.468 e. The molecule has 3 aromatic rings. The number of nitrogens with zero attached hydrogens (tertiary/aromatic N) is 1. The smallest absolute Gasteiger partial charge is 0.251 e. The van der Waals surface area contributed by atoms with Crippen molar-refractivity contribution in [3.8, 4) is 0 Å². The van der Waals surface area contributed by atoms with Gasteiger partial charge in [-0.05, 0) is 66.9 Å². The second kappa shape index (κ2) is 8.63. The number of amides is 1. The highest BCUT2D eigenvalue weighted by Gasteiger charge is 2.26. The van der Waals surface area contributed by atoms with E-state index in [-0.39, 0.29) is 23.9 Å². The van der Waals surface area contributed by atoms with Gasteiger partial charge in [0.05, 0.1) is 17.7 Å². The Hall–Kier alpha value is -2.90. The lowest BCUT2D eigenvalue weighted by molar-refractivity contribution is 0.0963. The molecule has 0 radical (unpaired) electrons. The average molecular weight is 413 g/mol. The average Bonchev–Trinajstić information content (AvgIpc) is 3.22. The first-order valence-electron chi connectivity index (χ1n) is 9.22. The maximum Gasteiger partial charge on any atom is 0.251 e. The van der Waals surface area contributed by atoms with Crippen LogP contribution in [0.25, 0.3) is 0 Å². The normalized spacial score (nSPS) is 11.6. The predicted octanol–water partition coefficient (Wildman–Crippen LogP) is 3.65. The van der Waals surface area contributed by atoms with Crippen molar-refractivity contribution in [2.45, 2.75) is 31.8 Å². The molecule has 29 heavy (non-hydrogen) atoms. The van der Waals surface area contributed by atoms with Gasteiger partial charge in [0.1, 0.15) is 5.76 Å². The molecule has 3 rings (SSSR count). The maximum absolute atomic E-state index is 13.4. The van der Waals surface area contributed by atoms with Gasteiger partial charge in [-0.3, -0.25) is 4.79 Å². The van der Waals surface area contributed by atoms with Gasteiger partial charge in [-0.1, -0.05) is 18.2 Å². The summed E-state index contributed by atoms with van der Waals surface area (Å²) in [5.41, 5.74) is 3.24. The van der Waals surface area contributed by atoms with Crippen LogP contribution < -0.4 is 5.32 Å². The van der Waals surface area contributed by atoms with Gasteiger partial charge in [-0.15, -0.1) is 0 Å². The standard InChI is InChI=1S/C22H24N2O4S/c1-16-6-11-21(13-17(16)2)29(26,27)24(15-20-5-4-12-28-20)14-18-7-9-19(10-8-18)22(25)23-3/h4-13H,14-15H2,1-3H3,(H,23,25). The highest BCUT2D eigenvalue weighted by molar-refractivity contribution is 7.89. The van der Waals surface area contributed by atoms with E-state index in [4.69, 9.17) is 4.42 Å². The summed E-state index contributed by atoms with van der Waals surface area (Å²) in [5.74, 6) is 0.367. The monoisotopic (exact) mass is 412 g/mol. The first-order chi connectivity index (χ1) is 13.8. The zero-order valence-corrected chi connectivity index (χ0v) is 17.5. The molecule has 0 saturated carbocycles. The second-order valence-corrected chi connectivity index (χ2v) is 8.81. The second-order valence-electron chi connectivity index (χ2n) is 6.87. The molecule has 0 aliphatic heterocycles. The zero-order valence-electron chi connectivity index (χ0n) is 16.7. The van der Waals surface area contributed by atoms with E-state index < -0.39 is 10.0 Å². The van der Waals surface area contributed by atoms with Gasteiger partial charge < -0.3 is 9.73 Å². The van der Waals surface area contributed by atoms with Crippen molar-refractivity contribution in [2.24, 2.45) is 0 Å². The van der Waals surface area contributed by atoms with E-state index in [0.29, 0.717) is 11.3 Å². The van der Waals surface area contributed by atoms with Crippen LogP contribution >= 0.6 is 0 Å². The first-order valence-corrected chi connectivity index (χ1v) is 10.7. The van der Waals surface area contributed by atoms with Crippen molar-refractivity contribution in [2.75, 3.05) is 7.05 Å². The van der Waals surface area contributed by atoms with Gasteiger partial charge in [0.15, 0.2) is 0 Å². The molecule has 7 heteroatoms. The number of furan rings is 1. The van der Waals surface area contributed by atoms with E-state index in [1.54, 1.807) is 55.6 Å². The van der Waals surface area contributed by atoms with E-state index in [1.807, 2.05) is 19.9 Å². The molecular formula is C22H24N2O4S. The van der Waals surface area contributed by atoms with E-state index in [0.717, 1.165) is 16.7 Å². The summed E-state index contributed by atoms with van der Waals surface area (Å²) in [7, 11) is -2.18. The molecule has 0 bridgehead atoms. The summed E-state index contributed by atoms with van der Waals surface area (Å²) in [6, 6.07) is 15.5. The van der Waals surface area contributed by atoms with Crippen molar-refractivity contribution in [3.63, 3.8) is 0 Å². The number of benzene rings is 2. The van der Waals surface area contributed by atoms with Gasteiger partial charge >= 0.3 is 0 Å². The molecule has 0 atom stereocenters. The van der Waals surface area contributed by atoms with Crippen molar-refractivity contribution in [1.82, 2.24) is 9.62 Å². The van der Waals surface area contributed by atoms with E-state index >= 15 is 0 Å². The summed E-state index contributed by atoms with van der Waals surface area (Å²) in [5, 5.41) is 2.57. The maximum atomic E-state index is 13.4. The van der Waals surface area contributed by atoms with Gasteiger partial charge in [0.25, 0.3) is 5.91 Å². The molecule has 0 unspecified atom stereocenters. The Morgan fingerprint density at radius 3 is 2.31 bits per heavy atom. The highest BCUT2D eigenvalue weighted by Crippen LogP contribution is 2.23. The Morgan fingerprint density at radius 2 is 1.72 bits per heavy atom. The fourth-order valence-electron chi connectivity index (χ4n) is 2.94. The molecular weight excluding hydrogens is 388 g/mol. The number of nitrogens with one attached hydrogen (secondary N) is 1. The molecule has 1 heterocycles. The zero-order chi connectivity index (χ0) is 21.0. The van der Waals surface area contributed by atoms with Crippen LogP contribution in [0.3, 0.4) is 0 Å². The van der Waals surface area contributed by atoms with E-state index in [2.05, 4.69) is 5.32 Å². The molecule has 1 amide bonds. The minimum absolute atomic E-state index is 0.111. The molecule has 1 N–H and O–H groups in total. The lowest BCUT2D eigenvalue weighted by Gasteiger charge is -2.22.